The second-order valence-electron chi connectivity index (χ2n) is 8.38. The van der Waals surface area contributed by atoms with Crippen molar-refractivity contribution < 1.29 is 9.50 Å². The molecule has 7 heteroatoms. The molecule has 0 aliphatic heterocycles. The number of hydrogen-bond donors (Lipinski definition) is 2. The van der Waals surface area contributed by atoms with Crippen LogP contribution in [0.4, 0.5) is 10.3 Å². The van der Waals surface area contributed by atoms with Crippen molar-refractivity contribution in [2.45, 2.75) is 63.1 Å². The van der Waals surface area contributed by atoms with Crippen LogP contribution in [-0.4, -0.2) is 36.8 Å². The van der Waals surface area contributed by atoms with Crippen LogP contribution in [0.15, 0.2) is 42.9 Å². The first kappa shape index (κ1) is 19.2. The largest absolute Gasteiger partial charge is 0.393 e. The van der Waals surface area contributed by atoms with Crippen molar-refractivity contribution in [3.63, 3.8) is 0 Å². The third-order valence-electron chi connectivity index (χ3n) is 6.22. The fourth-order valence-electron chi connectivity index (χ4n) is 4.52. The summed E-state index contributed by atoms with van der Waals surface area (Å²) in [6.07, 6.45) is 10.8. The molecule has 2 heterocycles. The maximum Gasteiger partial charge on any atom is 0.223 e. The van der Waals surface area contributed by atoms with E-state index >= 15 is 0 Å². The summed E-state index contributed by atoms with van der Waals surface area (Å²) in [7, 11) is 0. The highest BCUT2D eigenvalue weighted by Gasteiger charge is 2.28. The first-order valence-electron chi connectivity index (χ1n) is 10.8. The van der Waals surface area contributed by atoms with Crippen LogP contribution in [0.2, 0.25) is 0 Å². The number of halogens is 1. The number of nitrogens with one attached hydrogen (secondary N) is 1. The molecule has 0 spiro atoms. The zero-order valence-corrected chi connectivity index (χ0v) is 16.8. The molecule has 2 aliphatic rings. The maximum atomic E-state index is 13.5. The number of anilines is 1. The molecule has 0 bridgehead atoms. The summed E-state index contributed by atoms with van der Waals surface area (Å²) in [4.78, 5) is 13.9. The van der Waals surface area contributed by atoms with Crippen LogP contribution in [0.25, 0.3) is 22.6 Å². The average Bonchev–Trinajstić information content (AvgIpc) is 3.19. The topological polar surface area (TPSA) is 75.9 Å². The highest BCUT2D eigenvalue weighted by atomic mass is 19.1. The third-order valence-corrected chi connectivity index (χ3v) is 6.22. The van der Waals surface area contributed by atoms with Crippen molar-refractivity contribution in [3.8, 4) is 22.6 Å². The molecule has 0 unspecified atom stereocenters. The number of aliphatic hydroxyl groups excluding tert-OH is 1. The summed E-state index contributed by atoms with van der Waals surface area (Å²) in [6, 6.07) is 8.97. The quantitative estimate of drug-likeness (QED) is 0.647. The van der Waals surface area contributed by atoms with Crippen LogP contribution >= 0.6 is 0 Å². The molecule has 6 nitrogen and oxygen atoms in total. The normalized spacial score (nSPS) is 21.9. The summed E-state index contributed by atoms with van der Waals surface area (Å²) in [6.45, 7) is 0. The van der Waals surface area contributed by atoms with Gasteiger partial charge in [-0.1, -0.05) is 19.3 Å². The Kier molecular flexibility index (Phi) is 5.21. The van der Waals surface area contributed by atoms with E-state index in [-0.39, 0.29) is 18.0 Å². The zero-order chi connectivity index (χ0) is 20.5. The molecule has 0 saturated heterocycles. The highest BCUT2D eigenvalue weighted by Crippen LogP contribution is 2.37. The molecular weight excluding hydrogens is 381 g/mol. The summed E-state index contributed by atoms with van der Waals surface area (Å²) in [5.41, 5.74) is 3.43. The first-order chi connectivity index (χ1) is 14.7. The van der Waals surface area contributed by atoms with Gasteiger partial charge < -0.3 is 15.0 Å². The molecule has 156 valence electrons. The maximum absolute atomic E-state index is 13.5. The number of aliphatic hydroxyl groups is 1. The SMILES string of the molecule is OC1CC(Nc2nccc(-c3c(-c4ccc(F)cc4)ncn3C3CCCCC3)n2)C1. The number of rotatable bonds is 5. The molecule has 0 atom stereocenters. The van der Waals surface area contributed by atoms with Gasteiger partial charge >= 0.3 is 0 Å². The van der Waals surface area contributed by atoms with Crippen LogP contribution in [-0.2, 0) is 0 Å². The predicted molar refractivity (Wildman–Crippen MR) is 113 cm³/mol. The fourth-order valence-corrected chi connectivity index (χ4v) is 4.52. The highest BCUT2D eigenvalue weighted by molar-refractivity contribution is 5.77. The smallest absolute Gasteiger partial charge is 0.223 e. The lowest BCUT2D eigenvalue weighted by atomic mass is 9.90. The number of benzene rings is 1. The molecule has 2 saturated carbocycles. The molecule has 2 aliphatic carbocycles. The van der Waals surface area contributed by atoms with Gasteiger partial charge in [0.1, 0.15) is 5.82 Å². The minimum absolute atomic E-state index is 0.204. The van der Waals surface area contributed by atoms with Gasteiger partial charge in [0.25, 0.3) is 0 Å². The number of aromatic nitrogens is 4. The van der Waals surface area contributed by atoms with E-state index in [1.807, 2.05) is 12.4 Å². The number of nitrogens with zero attached hydrogens (tertiary/aromatic N) is 4. The van der Waals surface area contributed by atoms with Crippen molar-refractivity contribution in [2.24, 2.45) is 0 Å². The lowest BCUT2D eigenvalue weighted by molar-refractivity contribution is 0.0834. The molecule has 3 aromatic rings. The van der Waals surface area contributed by atoms with E-state index in [2.05, 4.69) is 14.9 Å². The van der Waals surface area contributed by atoms with Crippen LogP contribution in [0.5, 0.6) is 0 Å². The van der Waals surface area contributed by atoms with E-state index in [9.17, 15) is 9.50 Å². The van der Waals surface area contributed by atoms with Crippen molar-refractivity contribution >= 4 is 5.95 Å². The minimum atomic E-state index is -0.261. The molecular formula is C23H26FN5O. The van der Waals surface area contributed by atoms with Crippen LogP contribution in [0.1, 0.15) is 51.0 Å². The number of hydrogen-bond acceptors (Lipinski definition) is 5. The molecule has 0 radical (unpaired) electrons. The van der Waals surface area contributed by atoms with Gasteiger partial charge in [0.15, 0.2) is 0 Å². The lowest BCUT2D eigenvalue weighted by Crippen LogP contribution is -2.39. The Labute approximate surface area is 175 Å². The average molecular weight is 407 g/mol. The van der Waals surface area contributed by atoms with Crippen molar-refractivity contribution in [2.75, 3.05) is 5.32 Å². The second kappa shape index (κ2) is 8.14. The Morgan fingerprint density at radius 3 is 2.50 bits per heavy atom. The zero-order valence-electron chi connectivity index (χ0n) is 16.8. The Bertz CT molecular complexity index is 1010. The predicted octanol–water partition coefficient (Wildman–Crippen LogP) is 4.59. The van der Waals surface area contributed by atoms with Crippen LogP contribution in [0.3, 0.4) is 0 Å². The van der Waals surface area contributed by atoms with Crippen molar-refractivity contribution in [1.82, 2.24) is 19.5 Å². The third kappa shape index (κ3) is 3.81. The Morgan fingerprint density at radius 2 is 1.77 bits per heavy atom. The summed E-state index contributed by atoms with van der Waals surface area (Å²) in [5.74, 6) is 0.300. The van der Waals surface area contributed by atoms with E-state index in [0.717, 1.165) is 35.5 Å². The van der Waals surface area contributed by atoms with Gasteiger partial charge in [-0.15, -0.1) is 0 Å². The van der Waals surface area contributed by atoms with Crippen LogP contribution in [0, 0.1) is 5.82 Å². The Balaban J connectivity index is 1.54. The Morgan fingerprint density at radius 1 is 1.00 bits per heavy atom. The van der Waals surface area contributed by atoms with Gasteiger partial charge in [0.05, 0.1) is 29.5 Å². The van der Waals surface area contributed by atoms with Gasteiger partial charge in [-0.05, 0) is 56.0 Å². The van der Waals surface area contributed by atoms with Gasteiger partial charge in [-0.2, -0.15) is 0 Å². The summed E-state index contributed by atoms with van der Waals surface area (Å²) < 4.78 is 15.7. The molecule has 0 amide bonds. The lowest BCUT2D eigenvalue weighted by Gasteiger charge is -2.32. The molecule has 2 fully saturated rings. The van der Waals surface area contributed by atoms with Crippen molar-refractivity contribution in [3.05, 3.63) is 48.7 Å². The van der Waals surface area contributed by atoms with Gasteiger partial charge in [-0.3, -0.25) is 0 Å². The molecule has 1 aromatic carbocycles. The number of imidazole rings is 1. The molecule has 2 N–H and O–H groups in total. The summed E-state index contributed by atoms with van der Waals surface area (Å²) in [5, 5.41) is 12.9. The standard InChI is InChI=1S/C23H26FN5O/c24-16-8-6-15(7-9-16)21-22(29(14-26-21)18-4-2-1-3-5-18)20-10-11-25-23(28-20)27-17-12-19(30)13-17/h6-11,14,17-19,30H,1-5,12-13H2,(H,25,27,28). The monoisotopic (exact) mass is 407 g/mol. The van der Waals surface area contributed by atoms with E-state index < -0.39 is 0 Å². The van der Waals surface area contributed by atoms with E-state index in [1.165, 1.54) is 31.4 Å². The minimum Gasteiger partial charge on any atom is -0.393 e. The van der Waals surface area contributed by atoms with Crippen molar-refractivity contribution in [1.29, 1.82) is 0 Å². The van der Waals surface area contributed by atoms with Gasteiger partial charge in [-0.25, -0.2) is 19.3 Å². The molecule has 30 heavy (non-hydrogen) atoms. The van der Waals surface area contributed by atoms with E-state index in [0.29, 0.717) is 24.8 Å². The Hall–Kier alpha value is -2.80. The second-order valence-corrected chi connectivity index (χ2v) is 8.38. The summed E-state index contributed by atoms with van der Waals surface area (Å²) >= 11 is 0. The van der Waals surface area contributed by atoms with Crippen LogP contribution < -0.4 is 5.32 Å². The first-order valence-corrected chi connectivity index (χ1v) is 10.8. The van der Waals surface area contributed by atoms with E-state index in [4.69, 9.17) is 9.97 Å². The molecule has 2 aromatic heterocycles. The van der Waals surface area contributed by atoms with E-state index in [1.54, 1.807) is 18.3 Å². The van der Waals surface area contributed by atoms with Gasteiger partial charge in [0.2, 0.25) is 5.95 Å². The fraction of sp³-hybridized carbons (Fsp3) is 0.435. The van der Waals surface area contributed by atoms with Gasteiger partial charge in [0, 0.05) is 23.8 Å². The molecule has 5 rings (SSSR count).